The van der Waals surface area contributed by atoms with Crippen LogP contribution in [0.2, 0.25) is 0 Å². The second-order valence-corrected chi connectivity index (χ2v) is 15.2. The summed E-state index contributed by atoms with van der Waals surface area (Å²) in [5, 5.41) is 136. The minimum absolute atomic E-state index is 0.000943. The number of aliphatic hydroxyl groups excluding tert-OH is 10. The van der Waals surface area contributed by atoms with Crippen LogP contribution in [-0.2, 0) is 28.5 Å². The first kappa shape index (κ1) is 46.7. The Hall–Kier alpha value is -5.28. The Morgan fingerprint density at radius 1 is 0.594 bits per heavy atom. The minimum atomic E-state index is -2.03. The van der Waals surface area contributed by atoms with Crippen molar-refractivity contribution < 1.29 is 109 Å². The molecule has 64 heavy (non-hydrogen) atoms. The number of phenolic OH excluding ortho intramolecular Hbond substituents is 3. The average molecular weight is 904 g/mol. The van der Waals surface area contributed by atoms with Crippen LogP contribution in [0, 0.1) is 0 Å². The van der Waals surface area contributed by atoms with Crippen molar-refractivity contribution >= 4 is 23.0 Å². The number of fused-ring (bicyclic) bond motifs is 1. The van der Waals surface area contributed by atoms with Gasteiger partial charge in [0, 0.05) is 18.2 Å². The summed E-state index contributed by atoms with van der Waals surface area (Å²) in [5.41, 5.74) is 0.653. The molecule has 3 saturated heterocycles. The third-order valence-corrected chi connectivity index (χ3v) is 10.7. The van der Waals surface area contributed by atoms with Crippen LogP contribution < -0.4 is 9.47 Å². The number of carbonyl (C=O) groups excluding carboxylic acids is 1. The molecule has 15 unspecified atom stereocenters. The normalized spacial score (nSPS) is 33.2. The van der Waals surface area contributed by atoms with Crippen molar-refractivity contribution in [2.24, 2.45) is 0 Å². The van der Waals surface area contributed by atoms with Gasteiger partial charge in [0.25, 0.3) is 0 Å². The fourth-order valence-electron chi connectivity index (χ4n) is 7.16. The summed E-state index contributed by atoms with van der Waals surface area (Å²) < 4.78 is 46.7. The summed E-state index contributed by atoms with van der Waals surface area (Å²) >= 11 is 0. The Morgan fingerprint density at radius 3 is 1.77 bits per heavy atom. The molecule has 3 aliphatic heterocycles. The summed E-state index contributed by atoms with van der Waals surface area (Å²) in [6.07, 6.45) is -24.5. The number of ether oxygens (including phenoxy) is 7. The molecule has 0 saturated carbocycles. The van der Waals surface area contributed by atoms with Gasteiger partial charge in [0.1, 0.15) is 102 Å². The molecule has 0 radical (unpaired) electrons. The van der Waals surface area contributed by atoms with Crippen molar-refractivity contribution in [2.75, 3.05) is 19.8 Å². The zero-order chi connectivity index (χ0) is 46.0. The van der Waals surface area contributed by atoms with E-state index >= 15 is 0 Å². The third kappa shape index (κ3) is 10.00. The van der Waals surface area contributed by atoms with E-state index in [4.69, 9.17) is 37.6 Å². The average Bonchev–Trinajstić information content (AvgIpc) is 3.28. The lowest BCUT2D eigenvalue weighted by molar-refractivity contribution is -0.357. The van der Waals surface area contributed by atoms with E-state index < -0.39 is 124 Å². The van der Waals surface area contributed by atoms with Gasteiger partial charge in [-0.15, -0.1) is 0 Å². The van der Waals surface area contributed by atoms with Gasteiger partial charge >= 0.3 is 17.3 Å². The molecule has 4 aromatic rings. The predicted octanol–water partition coefficient (Wildman–Crippen LogP) is -2.06. The van der Waals surface area contributed by atoms with Gasteiger partial charge in [0.2, 0.25) is 18.3 Å². The Morgan fingerprint density at radius 2 is 1.14 bits per heavy atom. The minimum Gasteiger partial charge on any atom is -0.508 e. The van der Waals surface area contributed by atoms with E-state index in [-0.39, 0.29) is 45.3 Å². The molecule has 0 spiro atoms. The molecule has 3 aliphatic rings. The SMILES string of the molecule is O=C(C=Cc1ccc(O)cc1)OCC1OC(Oc2cc3c(OC4OC(CO)C(O)C(O)C4O)cc(O)cc3[o+]c2-c2ccc(O)cc2)C(OC2OC(CO)C(O)C(O)C2O)C(O)C1O. The van der Waals surface area contributed by atoms with Crippen molar-refractivity contribution in [1.29, 1.82) is 0 Å². The number of benzene rings is 3. The molecular weight excluding hydrogens is 856 g/mol. The zero-order valence-corrected chi connectivity index (χ0v) is 33.3. The number of hydrogen-bond donors (Lipinski definition) is 13. The molecule has 1 aromatic heterocycles. The molecular formula is C42H47O22+. The molecule has 3 fully saturated rings. The molecule has 22 heteroatoms. The highest BCUT2D eigenvalue weighted by molar-refractivity contribution is 5.89. The smallest absolute Gasteiger partial charge is 0.402 e. The number of phenols is 3. The van der Waals surface area contributed by atoms with Crippen molar-refractivity contribution in [2.45, 2.75) is 92.1 Å². The van der Waals surface area contributed by atoms with Crippen molar-refractivity contribution in [3.05, 3.63) is 78.4 Å². The Labute approximate surface area is 361 Å². The maximum atomic E-state index is 12.8. The van der Waals surface area contributed by atoms with Crippen LogP contribution in [0.1, 0.15) is 5.56 Å². The van der Waals surface area contributed by atoms with Crippen LogP contribution in [-0.4, -0.2) is 184 Å². The molecule has 13 N–H and O–H groups in total. The van der Waals surface area contributed by atoms with Crippen LogP contribution >= 0.6 is 0 Å². The Balaban J connectivity index is 1.26. The molecule has 0 aliphatic carbocycles. The van der Waals surface area contributed by atoms with E-state index in [1.807, 2.05) is 0 Å². The van der Waals surface area contributed by atoms with Gasteiger partial charge in [0.15, 0.2) is 12.4 Å². The van der Waals surface area contributed by atoms with Gasteiger partial charge in [-0.1, -0.05) is 12.1 Å². The highest BCUT2D eigenvalue weighted by atomic mass is 16.8. The van der Waals surface area contributed by atoms with E-state index in [0.29, 0.717) is 5.56 Å². The largest absolute Gasteiger partial charge is 0.508 e. The van der Waals surface area contributed by atoms with Crippen molar-refractivity contribution in [1.82, 2.24) is 0 Å². The van der Waals surface area contributed by atoms with E-state index in [0.717, 1.165) is 12.1 Å². The molecule has 22 nitrogen and oxygen atoms in total. The van der Waals surface area contributed by atoms with Crippen molar-refractivity contribution in [3.63, 3.8) is 0 Å². The number of aromatic hydroxyl groups is 3. The van der Waals surface area contributed by atoms with Crippen LogP contribution in [0.25, 0.3) is 28.4 Å². The van der Waals surface area contributed by atoms with Gasteiger partial charge < -0.3 is 99.5 Å². The molecule has 3 aromatic carbocycles. The lowest BCUT2D eigenvalue weighted by Crippen LogP contribution is -2.65. The molecule has 4 heterocycles. The van der Waals surface area contributed by atoms with Crippen LogP contribution in [0.5, 0.6) is 28.7 Å². The summed E-state index contributed by atoms with van der Waals surface area (Å²) in [6, 6.07) is 14.8. The van der Waals surface area contributed by atoms with Crippen LogP contribution in [0.15, 0.2) is 77.2 Å². The number of carbonyl (C=O) groups is 1. The van der Waals surface area contributed by atoms with E-state index in [9.17, 15) is 71.2 Å². The number of aliphatic hydroxyl groups is 10. The fourth-order valence-corrected chi connectivity index (χ4v) is 7.16. The molecule has 15 atom stereocenters. The molecule has 346 valence electrons. The molecule has 7 rings (SSSR count). The lowest BCUT2D eigenvalue weighted by atomic mass is 9.97. The topological polar surface area (TPSA) is 356 Å². The first-order chi connectivity index (χ1) is 30.6. The number of esters is 1. The maximum absolute atomic E-state index is 12.8. The van der Waals surface area contributed by atoms with Gasteiger partial charge in [-0.25, -0.2) is 9.21 Å². The summed E-state index contributed by atoms with van der Waals surface area (Å²) in [5.74, 6) is -2.19. The van der Waals surface area contributed by atoms with Gasteiger partial charge in [0.05, 0.1) is 24.8 Å². The maximum Gasteiger partial charge on any atom is 0.402 e. The Kier molecular flexibility index (Phi) is 14.5. The Bertz CT molecular complexity index is 2240. The third-order valence-electron chi connectivity index (χ3n) is 10.7. The van der Waals surface area contributed by atoms with Gasteiger partial charge in [-0.05, 0) is 48.0 Å². The zero-order valence-electron chi connectivity index (χ0n) is 33.3. The summed E-state index contributed by atoms with van der Waals surface area (Å²) in [7, 11) is 0. The monoisotopic (exact) mass is 903 g/mol. The van der Waals surface area contributed by atoms with Crippen molar-refractivity contribution in [3.8, 4) is 40.1 Å². The predicted molar refractivity (Wildman–Crippen MR) is 212 cm³/mol. The second kappa shape index (κ2) is 19.9. The quantitative estimate of drug-likeness (QED) is 0.0390. The second-order valence-electron chi connectivity index (χ2n) is 15.2. The molecule has 0 bridgehead atoms. The van der Waals surface area contributed by atoms with Crippen LogP contribution in [0.3, 0.4) is 0 Å². The van der Waals surface area contributed by atoms with E-state index in [2.05, 4.69) is 0 Å². The molecule has 0 amide bonds. The first-order valence-electron chi connectivity index (χ1n) is 19.7. The highest BCUT2D eigenvalue weighted by Crippen LogP contribution is 2.42. The van der Waals surface area contributed by atoms with E-state index in [1.54, 1.807) is 0 Å². The standard InChI is InChI=1S/C42H46O22/c43-14-26-30(49)33(52)36(55)40(61-26)59-24-12-21(47)11-23-22(24)13-25(38(58-23)18-4-8-20(46)9-5-18)60-42-39(64-41-37(56)34(53)31(50)27(15-44)62-41)35(54)32(51)28(63-42)16-57-29(48)10-3-17-1-6-19(45)7-2-17/h1-13,26-28,30-37,39-44,49-56H,14-16H2,(H2-,45,46,47,48)/p+1. The number of hydrogen-bond acceptors (Lipinski definition) is 21. The lowest BCUT2D eigenvalue weighted by Gasteiger charge is -2.45. The first-order valence-corrected chi connectivity index (χ1v) is 19.7. The van der Waals surface area contributed by atoms with Gasteiger partial charge in [-0.2, -0.15) is 0 Å². The summed E-state index contributed by atoms with van der Waals surface area (Å²) in [6.45, 7) is -2.32. The number of rotatable bonds is 13. The summed E-state index contributed by atoms with van der Waals surface area (Å²) in [4.78, 5) is 12.8. The fraction of sp³-hybridized carbons (Fsp3) is 0.429. The van der Waals surface area contributed by atoms with Gasteiger partial charge in [-0.3, -0.25) is 0 Å². The van der Waals surface area contributed by atoms with E-state index in [1.165, 1.54) is 66.7 Å². The highest BCUT2D eigenvalue weighted by Gasteiger charge is 2.52. The van der Waals surface area contributed by atoms with Crippen LogP contribution in [0.4, 0.5) is 0 Å².